The number of thiophene rings is 1. The van der Waals surface area contributed by atoms with E-state index >= 15 is 0 Å². The van der Waals surface area contributed by atoms with Crippen molar-refractivity contribution >= 4 is 34.5 Å². The summed E-state index contributed by atoms with van der Waals surface area (Å²) in [7, 11) is 0. The summed E-state index contributed by atoms with van der Waals surface area (Å²) in [5.41, 5.74) is 6.79. The van der Waals surface area contributed by atoms with Crippen LogP contribution in [0, 0.1) is 5.92 Å². The number of nitrogens with two attached hydrogens (primary N) is 1. The molecule has 5 heteroatoms. The fourth-order valence-corrected chi connectivity index (χ4v) is 3.19. The highest BCUT2D eigenvalue weighted by atomic mass is 35.5. The molecule has 2 N–H and O–H groups in total. The number of halogens is 2. The van der Waals surface area contributed by atoms with Crippen molar-refractivity contribution in [2.24, 2.45) is 11.7 Å². The van der Waals surface area contributed by atoms with Crippen molar-refractivity contribution in [2.45, 2.75) is 13.0 Å². The fraction of sp³-hybridized carbons (Fsp3) is 0.600. The highest BCUT2D eigenvalue weighted by molar-refractivity contribution is 7.15. The van der Waals surface area contributed by atoms with Crippen molar-refractivity contribution < 1.29 is 0 Å². The number of likely N-dealkylation sites (tertiary alicyclic amines) is 1. The van der Waals surface area contributed by atoms with Crippen LogP contribution in [-0.4, -0.2) is 24.5 Å². The summed E-state index contributed by atoms with van der Waals surface area (Å²) in [6, 6.07) is 0. The van der Waals surface area contributed by atoms with Crippen LogP contribution < -0.4 is 5.73 Å². The number of nitrogens with zero attached hydrogens (tertiary/aromatic N) is 1. The Balaban J connectivity index is 1.95. The first-order valence-corrected chi connectivity index (χ1v) is 6.68. The van der Waals surface area contributed by atoms with Gasteiger partial charge in [0.05, 0.1) is 5.02 Å². The molecule has 1 fully saturated rings. The quantitative estimate of drug-likeness (QED) is 0.910. The minimum atomic E-state index is 0.651. The molecule has 2 rings (SSSR count). The van der Waals surface area contributed by atoms with E-state index in [4.69, 9.17) is 28.9 Å². The molecule has 2 nitrogen and oxygen atoms in total. The molecule has 1 unspecified atom stereocenters. The largest absolute Gasteiger partial charge is 0.330 e. The average Bonchev–Trinajstić information content (AvgIpc) is 2.80. The molecule has 15 heavy (non-hydrogen) atoms. The van der Waals surface area contributed by atoms with E-state index in [0.717, 1.165) is 36.8 Å². The van der Waals surface area contributed by atoms with Crippen LogP contribution in [0.5, 0.6) is 0 Å². The lowest BCUT2D eigenvalue weighted by Crippen LogP contribution is -2.22. The molecule has 2 heterocycles. The summed E-state index contributed by atoms with van der Waals surface area (Å²) in [4.78, 5) is 2.39. The van der Waals surface area contributed by atoms with E-state index in [2.05, 4.69) is 4.90 Å². The van der Waals surface area contributed by atoms with Crippen LogP contribution in [0.2, 0.25) is 9.36 Å². The summed E-state index contributed by atoms with van der Waals surface area (Å²) in [6.07, 6.45) is 1.20. The van der Waals surface area contributed by atoms with Gasteiger partial charge in [0.1, 0.15) is 4.34 Å². The smallest absolute Gasteiger partial charge is 0.112 e. The van der Waals surface area contributed by atoms with Gasteiger partial charge >= 0.3 is 0 Å². The van der Waals surface area contributed by atoms with Crippen molar-refractivity contribution in [1.82, 2.24) is 4.90 Å². The molecule has 0 saturated carbocycles. The summed E-state index contributed by atoms with van der Waals surface area (Å²) < 4.78 is 0.696. The molecule has 1 aliphatic heterocycles. The van der Waals surface area contributed by atoms with Gasteiger partial charge in [-0.15, -0.1) is 11.3 Å². The molecule has 1 aromatic rings. The Hall–Kier alpha value is 0.200. The summed E-state index contributed by atoms with van der Waals surface area (Å²) in [6.45, 7) is 3.89. The molecule has 1 aliphatic rings. The highest BCUT2D eigenvalue weighted by Gasteiger charge is 2.22. The zero-order valence-electron chi connectivity index (χ0n) is 8.38. The molecule has 0 amide bonds. The predicted octanol–water partition coefficient (Wildman–Crippen LogP) is 2.84. The second kappa shape index (κ2) is 5.02. The van der Waals surface area contributed by atoms with Gasteiger partial charge in [-0.25, -0.2) is 0 Å². The third-order valence-electron chi connectivity index (χ3n) is 2.86. The zero-order valence-corrected chi connectivity index (χ0v) is 10.7. The number of rotatable bonds is 3. The first kappa shape index (κ1) is 11.7. The van der Waals surface area contributed by atoms with Gasteiger partial charge in [0, 0.05) is 13.1 Å². The van der Waals surface area contributed by atoms with E-state index < -0.39 is 0 Å². The standard InChI is InChI=1S/C10H14Cl2N2S/c11-9-8(6-15-10(9)12)5-14-2-1-7(3-13)4-14/h6-7H,1-5,13H2. The Morgan fingerprint density at radius 1 is 1.53 bits per heavy atom. The average molecular weight is 265 g/mol. The lowest BCUT2D eigenvalue weighted by Gasteiger charge is -2.14. The van der Waals surface area contributed by atoms with Crippen molar-refractivity contribution in [3.05, 3.63) is 20.3 Å². The Morgan fingerprint density at radius 3 is 2.87 bits per heavy atom. The first-order valence-electron chi connectivity index (χ1n) is 5.04. The van der Waals surface area contributed by atoms with Crippen LogP contribution in [0.4, 0.5) is 0 Å². The van der Waals surface area contributed by atoms with Gasteiger partial charge < -0.3 is 5.73 Å². The van der Waals surface area contributed by atoms with E-state index in [0.29, 0.717) is 10.3 Å². The minimum Gasteiger partial charge on any atom is -0.330 e. The van der Waals surface area contributed by atoms with Crippen molar-refractivity contribution in [3.63, 3.8) is 0 Å². The monoisotopic (exact) mass is 264 g/mol. The summed E-state index contributed by atoms with van der Waals surface area (Å²) >= 11 is 13.5. The van der Waals surface area contributed by atoms with E-state index in [1.54, 1.807) is 0 Å². The maximum atomic E-state index is 6.08. The Morgan fingerprint density at radius 2 is 2.33 bits per heavy atom. The van der Waals surface area contributed by atoms with Gasteiger partial charge in [0.2, 0.25) is 0 Å². The Bertz CT molecular complexity index is 340. The van der Waals surface area contributed by atoms with Crippen LogP contribution >= 0.6 is 34.5 Å². The number of hydrogen-bond donors (Lipinski definition) is 1. The third kappa shape index (κ3) is 2.66. The van der Waals surface area contributed by atoms with Crippen LogP contribution in [-0.2, 0) is 6.54 Å². The molecule has 1 saturated heterocycles. The maximum absolute atomic E-state index is 6.08. The minimum absolute atomic E-state index is 0.651. The molecule has 0 spiro atoms. The van der Waals surface area contributed by atoms with Crippen LogP contribution in [0.25, 0.3) is 0 Å². The van der Waals surface area contributed by atoms with Crippen LogP contribution in [0.3, 0.4) is 0 Å². The normalized spacial score (nSPS) is 22.5. The lowest BCUT2D eigenvalue weighted by molar-refractivity contribution is 0.318. The fourth-order valence-electron chi connectivity index (χ4n) is 1.95. The second-order valence-corrected chi connectivity index (χ2v) is 5.83. The molecular formula is C10H14Cl2N2S. The lowest BCUT2D eigenvalue weighted by atomic mass is 10.1. The predicted molar refractivity (Wildman–Crippen MR) is 66.8 cm³/mol. The maximum Gasteiger partial charge on any atom is 0.112 e. The highest BCUT2D eigenvalue weighted by Crippen LogP contribution is 2.33. The Kier molecular flexibility index (Phi) is 3.91. The molecule has 84 valence electrons. The second-order valence-electron chi connectivity index (χ2n) is 3.97. The molecule has 0 aliphatic carbocycles. The first-order chi connectivity index (χ1) is 7.20. The van der Waals surface area contributed by atoms with Gasteiger partial charge in [0.15, 0.2) is 0 Å². The van der Waals surface area contributed by atoms with Crippen molar-refractivity contribution in [3.8, 4) is 0 Å². The molecule has 1 atom stereocenters. The molecule has 0 bridgehead atoms. The number of hydrogen-bond acceptors (Lipinski definition) is 3. The Labute approximate surface area is 104 Å². The molecule has 0 radical (unpaired) electrons. The third-order valence-corrected chi connectivity index (χ3v) is 4.77. The zero-order chi connectivity index (χ0) is 10.8. The van der Waals surface area contributed by atoms with Crippen molar-refractivity contribution in [2.75, 3.05) is 19.6 Å². The van der Waals surface area contributed by atoms with Gasteiger partial charge in [-0.2, -0.15) is 0 Å². The van der Waals surface area contributed by atoms with Crippen molar-refractivity contribution in [1.29, 1.82) is 0 Å². The molecule has 1 aromatic heterocycles. The topological polar surface area (TPSA) is 29.3 Å². The molecular weight excluding hydrogens is 251 g/mol. The van der Waals surface area contributed by atoms with Gasteiger partial charge in [0.25, 0.3) is 0 Å². The SMILES string of the molecule is NCC1CCN(Cc2csc(Cl)c2Cl)C1. The van der Waals surface area contributed by atoms with Gasteiger partial charge in [-0.1, -0.05) is 23.2 Å². The van der Waals surface area contributed by atoms with Crippen LogP contribution in [0.15, 0.2) is 5.38 Å². The van der Waals surface area contributed by atoms with Crippen LogP contribution in [0.1, 0.15) is 12.0 Å². The van der Waals surface area contributed by atoms with E-state index in [1.165, 1.54) is 17.8 Å². The molecule has 0 aromatic carbocycles. The van der Waals surface area contributed by atoms with E-state index in [9.17, 15) is 0 Å². The van der Waals surface area contributed by atoms with E-state index in [1.807, 2.05) is 5.38 Å². The van der Waals surface area contributed by atoms with Gasteiger partial charge in [-0.05, 0) is 36.4 Å². The van der Waals surface area contributed by atoms with Gasteiger partial charge in [-0.3, -0.25) is 4.90 Å². The summed E-state index contributed by atoms with van der Waals surface area (Å²) in [5.74, 6) is 0.651. The van der Waals surface area contributed by atoms with E-state index in [-0.39, 0.29) is 0 Å². The summed E-state index contributed by atoms with van der Waals surface area (Å²) in [5, 5.41) is 2.76.